The summed E-state index contributed by atoms with van der Waals surface area (Å²) in [7, 11) is 0. The van der Waals surface area contributed by atoms with E-state index in [0.29, 0.717) is 0 Å². The number of rotatable bonds is 0. The van der Waals surface area contributed by atoms with Gasteiger partial charge >= 0.3 is 86.6 Å². The molecule has 0 saturated carbocycles. The van der Waals surface area contributed by atoms with Crippen molar-refractivity contribution in [3.63, 3.8) is 0 Å². The van der Waals surface area contributed by atoms with Crippen LogP contribution in [0.1, 0.15) is 0 Å². The molecular formula is H17BaCaClO6. The van der Waals surface area contributed by atoms with E-state index in [0.717, 1.165) is 0 Å². The summed E-state index contributed by atoms with van der Waals surface area (Å²) in [6.45, 7) is 0. The minimum absolute atomic E-state index is 0. The third-order valence-corrected chi connectivity index (χ3v) is 0. The van der Waals surface area contributed by atoms with E-state index >= 15 is 0 Å². The van der Waals surface area contributed by atoms with Crippen LogP contribution in [0, 0.1) is 0 Å². The zero-order valence-corrected chi connectivity index (χ0v) is 4.22. The van der Waals surface area contributed by atoms with Gasteiger partial charge in [-0.1, -0.05) is 0 Å². The molecular weight excluding hydrogens is 309 g/mol. The van der Waals surface area contributed by atoms with Crippen molar-refractivity contribution in [3.05, 3.63) is 0 Å². The normalized spacial score (nSPS) is 0. The summed E-state index contributed by atoms with van der Waals surface area (Å²) >= 11 is 0. The van der Waals surface area contributed by atoms with Gasteiger partial charge in [-0.15, -0.1) is 12.4 Å². The maximum atomic E-state index is 0. The first kappa shape index (κ1) is 169. The fourth-order valence-electron chi connectivity index (χ4n) is 0. The molecule has 0 fully saturated rings. The zero-order valence-electron chi connectivity index (χ0n) is 3.41. The molecule has 0 saturated heterocycles. The van der Waals surface area contributed by atoms with Gasteiger partial charge in [-0.2, -0.15) is 0 Å². The van der Waals surface area contributed by atoms with Crippen LogP contribution in [0.25, 0.3) is 0 Å². The molecule has 0 radical (unpaired) electrons. The van der Waals surface area contributed by atoms with Gasteiger partial charge in [0.25, 0.3) is 0 Å². The summed E-state index contributed by atoms with van der Waals surface area (Å²) in [4.78, 5) is 0. The Hall–Kier alpha value is 2.88. The molecule has 0 rings (SSSR count). The van der Waals surface area contributed by atoms with E-state index in [1.165, 1.54) is 0 Å². The van der Waals surface area contributed by atoms with Crippen LogP contribution in [-0.4, -0.2) is 119 Å². The SMILES string of the molecule is Cl.O.O.O.O.O.O.[BaH2].[CaH2]. The number of hydrogen-bond acceptors (Lipinski definition) is 0. The molecule has 12 N–H and O–H groups in total. The van der Waals surface area contributed by atoms with Crippen LogP contribution in [0.5, 0.6) is 0 Å². The molecule has 0 aliphatic carbocycles. The van der Waals surface area contributed by atoms with Crippen molar-refractivity contribution in [2.45, 2.75) is 0 Å². The van der Waals surface area contributed by atoms with Crippen LogP contribution in [0.4, 0.5) is 0 Å². The van der Waals surface area contributed by atoms with E-state index in [4.69, 9.17) is 0 Å². The Morgan fingerprint density at radius 2 is 0.444 bits per heavy atom. The topological polar surface area (TPSA) is 189 Å². The average molecular weight is 326 g/mol. The standard InChI is InChI=1S/Ba.Ca.ClH.6H2O.4H/h;;1H;6*1H2;;;;. The van der Waals surface area contributed by atoms with E-state index in [1.54, 1.807) is 0 Å². The van der Waals surface area contributed by atoms with Crippen LogP contribution in [0.3, 0.4) is 0 Å². The van der Waals surface area contributed by atoms with Crippen molar-refractivity contribution in [1.82, 2.24) is 0 Å². The van der Waals surface area contributed by atoms with Gasteiger partial charge in [0, 0.05) is 0 Å². The molecule has 0 heterocycles. The zero-order chi connectivity index (χ0) is 0. The molecule has 0 aromatic heterocycles. The first-order valence-corrected chi connectivity index (χ1v) is 0. The molecule has 9 heavy (non-hydrogen) atoms. The van der Waals surface area contributed by atoms with Crippen molar-refractivity contribution in [3.8, 4) is 0 Å². The van der Waals surface area contributed by atoms with Gasteiger partial charge in [0.1, 0.15) is 0 Å². The van der Waals surface area contributed by atoms with E-state index in [-0.39, 0.29) is 132 Å². The molecule has 0 bridgehead atoms. The monoisotopic (exact) mass is 326 g/mol. The van der Waals surface area contributed by atoms with Gasteiger partial charge in [0.05, 0.1) is 0 Å². The molecule has 0 amide bonds. The third kappa shape index (κ3) is 103. The van der Waals surface area contributed by atoms with Crippen LogP contribution in [0.2, 0.25) is 0 Å². The minimum atomic E-state index is 0. The first-order valence-electron chi connectivity index (χ1n) is 0. The van der Waals surface area contributed by atoms with E-state index in [9.17, 15) is 0 Å². The first-order chi connectivity index (χ1) is 0. The van der Waals surface area contributed by atoms with E-state index in [1.807, 2.05) is 0 Å². The van der Waals surface area contributed by atoms with Crippen molar-refractivity contribution in [2.24, 2.45) is 0 Å². The molecule has 0 atom stereocenters. The molecule has 0 spiro atoms. The van der Waals surface area contributed by atoms with Crippen molar-refractivity contribution in [1.29, 1.82) is 0 Å². The summed E-state index contributed by atoms with van der Waals surface area (Å²) in [5.74, 6) is 0. The Kier molecular flexibility index (Phi) is 2410. The fourth-order valence-corrected chi connectivity index (χ4v) is 0. The third-order valence-electron chi connectivity index (χ3n) is 0. The summed E-state index contributed by atoms with van der Waals surface area (Å²) in [6, 6.07) is 0. The second-order valence-electron chi connectivity index (χ2n) is 0. The summed E-state index contributed by atoms with van der Waals surface area (Å²) in [5, 5.41) is 0. The van der Waals surface area contributed by atoms with Crippen LogP contribution < -0.4 is 0 Å². The second-order valence-corrected chi connectivity index (χ2v) is 0. The Morgan fingerprint density at radius 3 is 0.444 bits per heavy atom. The van der Waals surface area contributed by atoms with Crippen LogP contribution in [-0.2, 0) is 0 Å². The predicted octanol–water partition coefficient (Wildman–Crippen LogP) is -6.36. The maximum absolute atomic E-state index is 0. The van der Waals surface area contributed by atoms with Gasteiger partial charge in [-0.3, -0.25) is 0 Å². The molecule has 0 aromatic rings. The second kappa shape index (κ2) is 128. The predicted molar refractivity (Wildman–Crippen MR) is 46.0 cm³/mol. The van der Waals surface area contributed by atoms with E-state index < -0.39 is 0 Å². The van der Waals surface area contributed by atoms with Crippen LogP contribution in [0.15, 0.2) is 0 Å². The van der Waals surface area contributed by atoms with Crippen molar-refractivity contribution in [2.75, 3.05) is 0 Å². The van der Waals surface area contributed by atoms with Crippen LogP contribution >= 0.6 is 12.4 Å². The van der Waals surface area contributed by atoms with Gasteiger partial charge in [0.15, 0.2) is 0 Å². The average Bonchev–Trinajstić information content (AvgIpc) is 0. The van der Waals surface area contributed by atoms with Gasteiger partial charge in [-0.05, 0) is 0 Å². The summed E-state index contributed by atoms with van der Waals surface area (Å²) < 4.78 is 0. The van der Waals surface area contributed by atoms with Gasteiger partial charge < -0.3 is 32.9 Å². The molecule has 64 valence electrons. The number of halogens is 1. The number of hydrogen-bond donors (Lipinski definition) is 0. The van der Waals surface area contributed by atoms with Crippen molar-refractivity contribution >= 4 is 99.0 Å². The summed E-state index contributed by atoms with van der Waals surface area (Å²) in [5.41, 5.74) is 0. The molecule has 0 aromatic carbocycles. The van der Waals surface area contributed by atoms with Gasteiger partial charge in [0.2, 0.25) is 0 Å². The Labute approximate surface area is 129 Å². The molecule has 6 nitrogen and oxygen atoms in total. The molecule has 0 unspecified atom stereocenters. The quantitative estimate of drug-likeness (QED) is 0.383. The Bertz CT molecular complexity index is 13.0. The van der Waals surface area contributed by atoms with E-state index in [2.05, 4.69) is 0 Å². The molecule has 0 aliphatic rings. The molecule has 9 heteroatoms. The van der Waals surface area contributed by atoms with Crippen molar-refractivity contribution < 1.29 is 32.9 Å². The fraction of sp³-hybridized carbons (Fsp3) is 0. The Balaban J connectivity index is 0. The molecule has 0 aliphatic heterocycles. The summed E-state index contributed by atoms with van der Waals surface area (Å²) in [6.07, 6.45) is 0. The Morgan fingerprint density at radius 1 is 0.444 bits per heavy atom. The van der Waals surface area contributed by atoms with Gasteiger partial charge in [-0.25, -0.2) is 0 Å².